The summed E-state index contributed by atoms with van der Waals surface area (Å²) in [4.78, 5) is 24.0. The van der Waals surface area contributed by atoms with Gasteiger partial charge in [0.05, 0.1) is 13.2 Å². The Balaban J connectivity index is 0.00000484. The van der Waals surface area contributed by atoms with Crippen molar-refractivity contribution in [3.63, 3.8) is 0 Å². The number of rotatable bonds is 7. The van der Waals surface area contributed by atoms with Crippen LogP contribution in [0.15, 0.2) is 30.3 Å². The predicted octanol–water partition coefficient (Wildman–Crippen LogP) is 0.977. The van der Waals surface area contributed by atoms with Gasteiger partial charge in [0.2, 0.25) is 0 Å². The average molecular weight is 353 g/mol. The fourth-order valence-corrected chi connectivity index (χ4v) is 3.05. The minimum Gasteiger partial charge on any atom is -0.465 e. The molecule has 0 spiro atoms. The zero-order valence-corrected chi connectivity index (χ0v) is 16.1. The van der Waals surface area contributed by atoms with Crippen LogP contribution in [-0.2, 0) is 29.2 Å². The molecule has 1 aromatic rings. The molecule has 1 N–H and O–H groups in total. The van der Waals surface area contributed by atoms with Gasteiger partial charge in [0.1, 0.15) is 5.25 Å². The second-order valence-corrected chi connectivity index (χ2v) is 5.87. The standard InChI is InChI=1S/C14H18O7S.Na/c1-3-20-13(15)11(14(16)21-4-2)12(22(17,18)19)10-8-6-5-7-9-10;/h5-9,11-12H,3-4H2,1-2H3,(H,17,18,19);. The fourth-order valence-electron chi connectivity index (χ4n) is 1.99. The molecule has 123 valence electrons. The van der Waals surface area contributed by atoms with E-state index in [9.17, 15) is 22.6 Å². The van der Waals surface area contributed by atoms with Crippen LogP contribution in [0.2, 0.25) is 0 Å². The van der Waals surface area contributed by atoms with Crippen LogP contribution >= 0.6 is 0 Å². The van der Waals surface area contributed by atoms with Gasteiger partial charge in [-0.2, -0.15) is 8.42 Å². The Labute approximate surface area is 157 Å². The number of ether oxygens (including phenoxy) is 2. The molecule has 9 heteroatoms. The summed E-state index contributed by atoms with van der Waals surface area (Å²) in [6.07, 6.45) is 0. The fraction of sp³-hybridized carbons (Fsp3) is 0.429. The van der Waals surface area contributed by atoms with Gasteiger partial charge in [0, 0.05) is 29.6 Å². The first kappa shape index (κ1) is 22.1. The second-order valence-electron chi connectivity index (χ2n) is 4.33. The molecule has 7 nitrogen and oxygen atoms in total. The average Bonchev–Trinajstić information content (AvgIpc) is 2.44. The first-order valence-corrected chi connectivity index (χ1v) is 8.17. The van der Waals surface area contributed by atoms with Crippen LogP contribution in [0.5, 0.6) is 0 Å². The van der Waals surface area contributed by atoms with Crippen molar-refractivity contribution in [1.82, 2.24) is 0 Å². The Morgan fingerprint density at radius 1 is 1.04 bits per heavy atom. The number of benzene rings is 1. The van der Waals surface area contributed by atoms with E-state index in [0.717, 1.165) is 0 Å². The largest absolute Gasteiger partial charge is 0.465 e. The molecule has 0 amide bonds. The molecule has 1 rings (SSSR count). The van der Waals surface area contributed by atoms with Crippen molar-refractivity contribution in [2.24, 2.45) is 5.92 Å². The number of esters is 2. The SMILES string of the molecule is CCOC(=O)C(C(=O)OCC)C(c1ccccc1)S(=O)(=O)O.[Na]. The number of hydrogen-bond acceptors (Lipinski definition) is 6. The summed E-state index contributed by atoms with van der Waals surface area (Å²) in [5, 5.41) is -1.79. The first-order valence-electron chi connectivity index (χ1n) is 6.67. The quantitative estimate of drug-likeness (QED) is 0.337. The number of carbonyl (C=O) groups is 2. The van der Waals surface area contributed by atoms with Crippen molar-refractivity contribution in [3.05, 3.63) is 35.9 Å². The molecule has 0 bridgehead atoms. The van der Waals surface area contributed by atoms with E-state index in [0.29, 0.717) is 0 Å². The topological polar surface area (TPSA) is 107 Å². The molecule has 1 radical (unpaired) electrons. The molecule has 0 fully saturated rings. The molecule has 0 aliphatic carbocycles. The Morgan fingerprint density at radius 2 is 1.48 bits per heavy atom. The van der Waals surface area contributed by atoms with E-state index < -0.39 is 33.2 Å². The summed E-state index contributed by atoms with van der Waals surface area (Å²) in [5.74, 6) is -3.92. The van der Waals surface area contributed by atoms with E-state index in [1.54, 1.807) is 6.07 Å². The van der Waals surface area contributed by atoms with E-state index in [2.05, 4.69) is 0 Å². The molecular formula is C14H18NaO7S. The zero-order valence-electron chi connectivity index (χ0n) is 13.3. The van der Waals surface area contributed by atoms with Gasteiger partial charge in [-0.3, -0.25) is 14.1 Å². The molecule has 1 atom stereocenters. The van der Waals surface area contributed by atoms with Gasteiger partial charge in [-0.1, -0.05) is 30.3 Å². The van der Waals surface area contributed by atoms with Crippen molar-refractivity contribution in [1.29, 1.82) is 0 Å². The maximum Gasteiger partial charge on any atom is 0.322 e. The summed E-state index contributed by atoms with van der Waals surface area (Å²) in [6.45, 7) is 2.96. The van der Waals surface area contributed by atoms with Gasteiger partial charge in [0.25, 0.3) is 10.1 Å². The molecule has 0 heterocycles. The summed E-state index contributed by atoms with van der Waals surface area (Å²) in [6, 6.07) is 7.48. The van der Waals surface area contributed by atoms with Gasteiger partial charge < -0.3 is 9.47 Å². The summed E-state index contributed by atoms with van der Waals surface area (Å²) in [5.41, 5.74) is 0.0936. The van der Waals surface area contributed by atoms with Crippen molar-refractivity contribution in [2.75, 3.05) is 13.2 Å². The Kier molecular flexibility index (Phi) is 9.64. The third-order valence-corrected chi connectivity index (χ3v) is 4.02. The van der Waals surface area contributed by atoms with Crippen LogP contribution in [0.25, 0.3) is 0 Å². The normalized spacial score (nSPS) is 12.2. The molecule has 0 aliphatic heterocycles. The third-order valence-electron chi connectivity index (χ3n) is 2.83. The molecule has 1 unspecified atom stereocenters. The summed E-state index contributed by atoms with van der Waals surface area (Å²) in [7, 11) is -4.75. The Morgan fingerprint density at radius 3 is 1.83 bits per heavy atom. The minimum atomic E-state index is -4.75. The second kappa shape index (κ2) is 10.0. The van der Waals surface area contributed by atoms with Crippen LogP contribution in [0.4, 0.5) is 0 Å². The predicted molar refractivity (Wildman–Crippen MR) is 83.2 cm³/mol. The van der Waals surface area contributed by atoms with Gasteiger partial charge in [-0.15, -0.1) is 0 Å². The van der Waals surface area contributed by atoms with Crippen molar-refractivity contribution < 1.29 is 32.0 Å². The number of hydrogen-bond donors (Lipinski definition) is 1. The monoisotopic (exact) mass is 353 g/mol. The van der Waals surface area contributed by atoms with E-state index in [4.69, 9.17) is 9.47 Å². The molecule has 0 saturated heterocycles. The van der Waals surface area contributed by atoms with E-state index in [1.165, 1.54) is 38.1 Å². The van der Waals surface area contributed by atoms with E-state index in [1.807, 2.05) is 0 Å². The molecular weight excluding hydrogens is 335 g/mol. The first-order chi connectivity index (χ1) is 10.3. The van der Waals surface area contributed by atoms with Crippen LogP contribution in [-0.4, -0.2) is 67.7 Å². The summed E-state index contributed by atoms with van der Waals surface area (Å²) >= 11 is 0. The van der Waals surface area contributed by atoms with Crippen LogP contribution in [0.3, 0.4) is 0 Å². The third kappa shape index (κ3) is 6.23. The van der Waals surface area contributed by atoms with Gasteiger partial charge >= 0.3 is 11.9 Å². The summed E-state index contributed by atoms with van der Waals surface area (Å²) < 4.78 is 42.5. The zero-order chi connectivity index (χ0) is 16.8. The molecule has 1 aromatic carbocycles. The van der Waals surface area contributed by atoms with E-state index in [-0.39, 0.29) is 48.3 Å². The van der Waals surface area contributed by atoms with Gasteiger partial charge in [-0.05, 0) is 19.4 Å². The number of carbonyl (C=O) groups excluding carboxylic acids is 2. The maximum absolute atomic E-state index is 12.0. The molecule has 23 heavy (non-hydrogen) atoms. The Hall–Kier alpha value is -0.930. The smallest absolute Gasteiger partial charge is 0.322 e. The van der Waals surface area contributed by atoms with Gasteiger partial charge in [0.15, 0.2) is 5.92 Å². The molecule has 0 aliphatic rings. The van der Waals surface area contributed by atoms with Crippen LogP contribution in [0, 0.1) is 5.92 Å². The van der Waals surface area contributed by atoms with Crippen molar-refractivity contribution in [3.8, 4) is 0 Å². The molecule has 0 aromatic heterocycles. The maximum atomic E-state index is 12.0. The molecule has 0 saturated carbocycles. The minimum absolute atomic E-state index is 0. The van der Waals surface area contributed by atoms with Crippen molar-refractivity contribution >= 4 is 51.6 Å². The Bertz CT molecular complexity index is 597. The van der Waals surface area contributed by atoms with Crippen LogP contribution in [0.1, 0.15) is 24.7 Å². The van der Waals surface area contributed by atoms with Crippen LogP contribution < -0.4 is 0 Å². The van der Waals surface area contributed by atoms with E-state index >= 15 is 0 Å². The van der Waals surface area contributed by atoms with Gasteiger partial charge in [-0.25, -0.2) is 0 Å². The van der Waals surface area contributed by atoms with Crippen molar-refractivity contribution in [2.45, 2.75) is 19.1 Å².